The van der Waals surface area contributed by atoms with Crippen molar-refractivity contribution >= 4 is 0 Å². The molecule has 1 aliphatic rings. The number of rotatable bonds is 4. The van der Waals surface area contributed by atoms with Gasteiger partial charge < -0.3 is 10.6 Å². The summed E-state index contributed by atoms with van der Waals surface area (Å²) in [7, 11) is 2.08. The minimum absolute atomic E-state index is 0.495. The summed E-state index contributed by atoms with van der Waals surface area (Å²) in [5.74, 6) is 0.823. The molecule has 18 heavy (non-hydrogen) atoms. The first-order chi connectivity index (χ1) is 8.61. The molecular weight excluding hydrogens is 220 g/mol. The standard InChI is InChI=1S/C16H26N2/c1-11-7-13(3)15(8-12(11)2)16(17-4)9-14-5-6-18-10-14/h7-8,14,16-18H,5-6,9-10H2,1-4H3. The van der Waals surface area contributed by atoms with Gasteiger partial charge in [0.1, 0.15) is 0 Å². The van der Waals surface area contributed by atoms with Gasteiger partial charge in [-0.3, -0.25) is 0 Å². The van der Waals surface area contributed by atoms with Gasteiger partial charge in [0.15, 0.2) is 0 Å². The monoisotopic (exact) mass is 246 g/mol. The molecule has 1 aromatic rings. The van der Waals surface area contributed by atoms with Gasteiger partial charge in [0.2, 0.25) is 0 Å². The fraction of sp³-hybridized carbons (Fsp3) is 0.625. The van der Waals surface area contributed by atoms with Crippen LogP contribution in [0.1, 0.15) is 41.1 Å². The first-order valence-corrected chi connectivity index (χ1v) is 7.07. The van der Waals surface area contributed by atoms with E-state index in [0.717, 1.165) is 5.92 Å². The van der Waals surface area contributed by atoms with Crippen molar-refractivity contribution in [3.63, 3.8) is 0 Å². The molecular formula is C16H26N2. The number of aryl methyl sites for hydroxylation is 3. The molecule has 0 amide bonds. The quantitative estimate of drug-likeness (QED) is 0.853. The van der Waals surface area contributed by atoms with Crippen molar-refractivity contribution in [2.75, 3.05) is 20.1 Å². The van der Waals surface area contributed by atoms with Gasteiger partial charge >= 0.3 is 0 Å². The molecule has 0 spiro atoms. The Morgan fingerprint density at radius 3 is 2.56 bits per heavy atom. The fourth-order valence-corrected chi connectivity index (χ4v) is 3.01. The predicted molar refractivity (Wildman–Crippen MR) is 78.0 cm³/mol. The molecule has 2 unspecified atom stereocenters. The minimum Gasteiger partial charge on any atom is -0.316 e. The fourth-order valence-electron chi connectivity index (χ4n) is 3.01. The van der Waals surface area contributed by atoms with Gasteiger partial charge in [-0.1, -0.05) is 12.1 Å². The Morgan fingerprint density at radius 2 is 1.94 bits per heavy atom. The molecule has 2 atom stereocenters. The summed E-state index contributed by atoms with van der Waals surface area (Å²) in [5, 5.41) is 6.97. The van der Waals surface area contributed by atoms with E-state index in [0.29, 0.717) is 6.04 Å². The lowest BCUT2D eigenvalue weighted by molar-refractivity contribution is 0.429. The van der Waals surface area contributed by atoms with Crippen molar-refractivity contribution < 1.29 is 0 Å². The molecule has 100 valence electrons. The van der Waals surface area contributed by atoms with Crippen molar-refractivity contribution in [2.24, 2.45) is 5.92 Å². The van der Waals surface area contributed by atoms with Crippen LogP contribution in [-0.4, -0.2) is 20.1 Å². The second-order valence-corrected chi connectivity index (χ2v) is 5.73. The molecule has 2 rings (SSSR count). The third kappa shape index (κ3) is 2.93. The Labute approximate surface area is 111 Å². The van der Waals surface area contributed by atoms with Crippen LogP contribution in [0.4, 0.5) is 0 Å². The number of hydrogen-bond donors (Lipinski definition) is 2. The van der Waals surface area contributed by atoms with Crippen molar-refractivity contribution in [2.45, 2.75) is 39.7 Å². The van der Waals surface area contributed by atoms with E-state index in [9.17, 15) is 0 Å². The summed E-state index contributed by atoms with van der Waals surface area (Å²) >= 11 is 0. The van der Waals surface area contributed by atoms with Crippen molar-refractivity contribution in [3.8, 4) is 0 Å². The Kier molecular flexibility index (Phi) is 4.41. The molecule has 0 saturated carbocycles. The maximum atomic E-state index is 3.50. The van der Waals surface area contributed by atoms with Crippen molar-refractivity contribution in [1.29, 1.82) is 0 Å². The maximum Gasteiger partial charge on any atom is 0.0323 e. The maximum absolute atomic E-state index is 3.50. The van der Waals surface area contributed by atoms with Crippen LogP contribution in [0.25, 0.3) is 0 Å². The van der Waals surface area contributed by atoms with E-state index >= 15 is 0 Å². The Balaban J connectivity index is 2.18. The van der Waals surface area contributed by atoms with Crippen LogP contribution in [0.15, 0.2) is 12.1 Å². The second-order valence-electron chi connectivity index (χ2n) is 5.73. The number of nitrogens with one attached hydrogen (secondary N) is 2. The first-order valence-electron chi connectivity index (χ1n) is 7.07. The van der Waals surface area contributed by atoms with E-state index in [1.165, 1.54) is 48.2 Å². The largest absolute Gasteiger partial charge is 0.316 e. The van der Waals surface area contributed by atoms with E-state index in [2.05, 4.69) is 50.6 Å². The molecule has 2 heteroatoms. The van der Waals surface area contributed by atoms with Crippen LogP contribution in [0.3, 0.4) is 0 Å². The zero-order valence-electron chi connectivity index (χ0n) is 12.1. The van der Waals surface area contributed by atoms with E-state index in [1.54, 1.807) is 0 Å². The van der Waals surface area contributed by atoms with Crippen LogP contribution in [0, 0.1) is 26.7 Å². The summed E-state index contributed by atoms with van der Waals surface area (Å²) in [6.07, 6.45) is 2.56. The zero-order chi connectivity index (χ0) is 13.1. The molecule has 0 aromatic heterocycles. The Hall–Kier alpha value is -0.860. The molecule has 0 aliphatic carbocycles. The Morgan fingerprint density at radius 1 is 1.22 bits per heavy atom. The minimum atomic E-state index is 0.495. The zero-order valence-corrected chi connectivity index (χ0v) is 12.1. The molecule has 1 aromatic carbocycles. The Bertz CT molecular complexity index is 406. The lowest BCUT2D eigenvalue weighted by Crippen LogP contribution is -2.22. The molecule has 2 nitrogen and oxygen atoms in total. The normalized spacial score (nSPS) is 21.2. The third-order valence-electron chi connectivity index (χ3n) is 4.34. The van der Waals surface area contributed by atoms with E-state index in [1.807, 2.05) is 0 Å². The molecule has 1 fully saturated rings. The predicted octanol–water partition coefficient (Wildman–Crippen LogP) is 2.87. The highest BCUT2D eigenvalue weighted by atomic mass is 14.9. The molecule has 2 N–H and O–H groups in total. The van der Waals surface area contributed by atoms with Gasteiger partial charge in [-0.2, -0.15) is 0 Å². The smallest absolute Gasteiger partial charge is 0.0323 e. The van der Waals surface area contributed by atoms with E-state index in [-0.39, 0.29) is 0 Å². The summed E-state index contributed by atoms with van der Waals surface area (Å²) in [5.41, 5.74) is 5.70. The second kappa shape index (κ2) is 5.85. The van der Waals surface area contributed by atoms with Crippen LogP contribution in [0.5, 0.6) is 0 Å². The summed E-state index contributed by atoms with van der Waals surface area (Å²) in [4.78, 5) is 0. The van der Waals surface area contributed by atoms with Gasteiger partial charge in [-0.25, -0.2) is 0 Å². The van der Waals surface area contributed by atoms with Crippen LogP contribution in [0.2, 0.25) is 0 Å². The summed E-state index contributed by atoms with van der Waals surface area (Å²) in [6, 6.07) is 5.19. The van der Waals surface area contributed by atoms with Gasteiger partial charge in [-0.05, 0) is 81.9 Å². The number of hydrogen-bond acceptors (Lipinski definition) is 2. The van der Waals surface area contributed by atoms with Crippen LogP contribution < -0.4 is 10.6 Å². The average molecular weight is 246 g/mol. The highest BCUT2D eigenvalue weighted by Crippen LogP contribution is 2.28. The molecule has 0 bridgehead atoms. The SMILES string of the molecule is CNC(CC1CCNC1)c1cc(C)c(C)cc1C. The molecule has 0 radical (unpaired) electrons. The topological polar surface area (TPSA) is 24.1 Å². The lowest BCUT2D eigenvalue weighted by atomic mass is 9.89. The summed E-state index contributed by atoms with van der Waals surface area (Å²) in [6.45, 7) is 9.01. The van der Waals surface area contributed by atoms with Crippen molar-refractivity contribution in [3.05, 3.63) is 34.4 Å². The lowest BCUT2D eigenvalue weighted by Gasteiger charge is -2.23. The van der Waals surface area contributed by atoms with Gasteiger partial charge in [0, 0.05) is 6.04 Å². The molecule has 1 aliphatic heterocycles. The van der Waals surface area contributed by atoms with Crippen LogP contribution in [-0.2, 0) is 0 Å². The van der Waals surface area contributed by atoms with Gasteiger partial charge in [0.05, 0.1) is 0 Å². The number of benzene rings is 1. The first kappa shape index (κ1) is 13.6. The van der Waals surface area contributed by atoms with Crippen molar-refractivity contribution in [1.82, 2.24) is 10.6 Å². The average Bonchev–Trinajstić information content (AvgIpc) is 2.84. The van der Waals surface area contributed by atoms with Gasteiger partial charge in [0.25, 0.3) is 0 Å². The highest BCUT2D eigenvalue weighted by Gasteiger charge is 2.21. The summed E-state index contributed by atoms with van der Waals surface area (Å²) < 4.78 is 0. The molecule has 1 heterocycles. The third-order valence-corrected chi connectivity index (χ3v) is 4.34. The molecule has 1 saturated heterocycles. The van der Waals surface area contributed by atoms with Gasteiger partial charge in [-0.15, -0.1) is 0 Å². The highest BCUT2D eigenvalue weighted by molar-refractivity contribution is 5.38. The van der Waals surface area contributed by atoms with E-state index in [4.69, 9.17) is 0 Å². The van der Waals surface area contributed by atoms with E-state index < -0.39 is 0 Å². The van der Waals surface area contributed by atoms with Crippen LogP contribution >= 0.6 is 0 Å².